The lowest BCUT2D eigenvalue weighted by molar-refractivity contribution is 0.968. The Balaban J connectivity index is 3.15. The smallest absolute Gasteiger partial charge is 0.00113 e. The molecule has 0 heteroatoms. The molecule has 1 aromatic carbocycles. The second-order valence-electron chi connectivity index (χ2n) is 4.00. The van der Waals surface area contributed by atoms with Gasteiger partial charge in [-0.25, -0.2) is 0 Å². The highest BCUT2D eigenvalue weighted by molar-refractivity contribution is 5.67. The Morgan fingerprint density at radius 2 is 1.94 bits per heavy atom. The molecule has 0 saturated heterocycles. The lowest BCUT2D eigenvalue weighted by Crippen LogP contribution is -1.91. The van der Waals surface area contributed by atoms with E-state index < -0.39 is 0 Å². The van der Waals surface area contributed by atoms with Gasteiger partial charge in [-0.2, -0.15) is 0 Å². The summed E-state index contributed by atoms with van der Waals surface area (Å²) in [4.78, 5) is 0. The quantitative estimate of drug-likeness (QED) is 0.605. The van der Waals surface area contributed by atoms with Gasteiger partial charge >= 0.3 is 0 Å². The van der Waals surface area contributed by atoms with Crippen LogP contribution in [0.5, 0.6) is 0 Å². The maximum atomic E-state index is 3.45. The fraction of sp³-hybridized carbons (Fsp3) is 0.438. The fourth-order valence-corrected chi connectivity index (χ4v) is 1.88. The van der Waals surface area contributed by atoms with Gasteiger partial charge in [0.05, 0.1) is 0 Å². The van der Waals surface area contributed by atoms with Crippen LogP contribution in [0.15, 0.2) is 36.1 Å². The number of hydrogen-bond donors (Lipinski definition) is 0. The lowest BCUT2D eigenvalue weighted by atomic mass is 9.95. The van der Waals surface area contributed by atoms with Crippen LogP contribution in [0.25, 0.3) is 5.57 Å². The average Bonchev–Trinajstić information content (AvgIpc) is 2.34. The van der Waals surface area contributed by atoms with Crippen molar-refractivity contribution in [2.24, 2.45) is 0 Å². The summed E-state index contributed by atoms with van der Waals surface area (Å²) in [7, 11) is 0. The highest BCUT2D eigenvalue weighted by Gasteiger charge is 2.04. The normalized spacial score (nSPS) is 9.69. The first-order chi connectivity index (χ1) is 7.83. The molecule has 0 aliphatic heterocycles. The van der Waals surface area contributed by atoms with Crippen molar-refractivity contribution < 1.29 is 0 Å². The van der Waals surface area contributed by atoms with Crippen LogP contribution in [0.4, 0.5) is 0 Å². The van der Waals surface area contributed by atoms with Crippen LogP contribution < -0.4 is 0 Å². The monoisotopic (exact) mass is 214 g/mol. The molecule has 1 rings (SSSR count). The fourth-order valence-electron chi connectivity index (χ4n) is 1.88. The van der Waals surface area contributed by atoms with Gasteiger partial charge in [0.2, 0.25) is 0 Å². The third-order valence-corrected chi connectivity index (χ3v) is 2.70. The summed E-state index contributed by atoms with van der Waals surface area (Å²) in [6.45, 7) is 6.59. The van der Waals surface area contributed by atoms with E-state index in [1.165, 1.54) is 23.1 Å². The van der Waals surface area contributed by atoms with E-state index in [9.17, 15) is 0 Å². The van der Waals surface area contributed by atoms with Crippen LogP contribution in [-0.4, -0.2) is 0 Å². The zero-order valence-corrected chi connectivity index (χ0v) is 10.7. The summed E-state index contributed by atoms with van der Waals surface area (Å²) in [6.07, 6.45) is 6.58. The number of benzene rings is 1. The van der Waals surface area contributed by atoms with E-state index >= 15 is 0 Å². The van der Waals surface area contributed by atoms with E-state index in [1.807, 2.05) is 0 Å². The maximum absolute atomic E-state index is 3.45. The summed E-state index contributed by atoms with van der Waals surface area (Å²) >= 11 is 0. The molecule has 0 heterocycles. The summed E-state index contributed by atoms with van der Waals surface area (Å²) in [5.74, 6) is 0. The minimum Gasteiger partial charge on any atom is -0.121 e. The van der Waals surface area contributed by atoms with Crippen molar-refractivity contribution >= 4 is 5.57 Å². The molecule has 0 aliphatic rings. The van der Waals surface area contributed by atoms with E-state index in [0.29, 0.717) is 0 Å². The van der Waals surface area contributed by atoms with Crippen molar-refractivity contribution in [1.82, 2.24) is 0 Å². The van der Waals surface area contributed by atoms with E-state index in [1.54, 1.807) is 0 Å². The van der Waals surface area contributed by atoms with Crippen molar-refractivity contribution in [2.75, 3.05) is 0 Å². The van der Waals surface area contributed by atoms with Gasteiger partial charge in [-0.3, -0.25) is 0 Å². The Morgan fingerprint density at radius 1 is 1.19 bits per heavy atom. The minimum absolute atomic E-state index is 1.06. The third kappa shape index (κ3) is 3.40. The Bertz CT molecular complexity index is 379. The summed E-state index contributed by atoms with van der Waals surface area (Å²) < 4.78 is 0. The Kier molecular flexibility index (Phi) is 5.67. The second kappa shape index (κ2) is 7.09. The van der Waals surface area contributed by atoms with E-state index in [-0.39, 0.29) is 0 Å². The molecular formula is C16H22. The van der Waals surface area contributed by atoms with Gasteiger partial charge in [-0.05, 0) is 36.5 Å². The first kappa shape index (κ1) is 12.8. The van der Waals surface area contributed by atoms with Gasteiger partial charge in [-0.1, -0.05) is 51.5 Å². The van der Waals surface area contributed by atoms with E-state index in [0.717, 1.165) is 19.3 Å². The first-order valence-electron chi connectivity index (χ1n) is 6.35. The van der Waals surface area contributed by atoms with E-state index in [4.69, 9.17) is 0 Å². The zero-order chi connectivity index (χ0) is 11.8. The Morgan fingerprint density at radius 3 is 2.56 bits per heavy atom. The summed E-state index contributed by atoms with van der Waals surface area (Å²) in [5, 5.41) is 0. The predicted molar refractivity (Wildman–Crippen MR) is 72.5 cm³/mol. The largest absolute Gasteiger partial charge is 0.121 e. The van der Waals surface area contributed by atoms with Crippen LogP contribution in [0.2, 0.25) is 0 Å². The standard InChI is InChI=1S/C16H22/c1-4-7-11-15(10-5-2)16-13-9-8-12-14(16)6-3/h7-9,12-13H,4-6,10H2,1-3H3. The molecule has 0 spiro atoms. The first-order valence-corrected chi connectivity index (χ1v) is 6.35. The lowest BCUT2D eigenvalue weighted by Gasteiger charge is -2.09. The molecule has 0 atom stereocenters. The molecule has 0 aliphatic carbocycles. The molecular weight excluding hydrogens is 192 g/mol. The molecule has 0 N–H and O–H groups in total. The zero-order valence-electron chi connectivity index (χ0n) is 10.7. The average molecular weight is 214 g/mol. The van der Waals surface area contributed by atoms with Gasteiger partial charge in [-0.15, -0.1) is 5.73 Å². The van der Waals surface area contributed by atoms with Crippen molar-refractivity contribution in [2.45, 2.75) is 46.5 Å². The highest BCUT2D eigenvalue weighted by Crippen LogP contribution is 2.23. The molecule has 86 valence electrons. The number of hydrogen-bond acceptors (Lipinski definition) is 0. The minimum atomic E-state index is 1.06. The van der Waals surface area contributed by atoms with Gasteiger partial charge in [0.25, 0.3) is 0 Å². The van der Waals surface area contributed by atoms with Crippen LogP contribution in [0.1, 0.15) is 51.2 Å². The molecule has 0 fully saturated rings. The van der Waals surface area contributed by atoms with Gasteiger partial charge in [0, 0.05) is 5.57 Å². The molecule has 0 aromatic heterocycles. The second-order valence-corrected chi connectivity index (χ2v) is 4.00. The number of aryl methyl sites for hydroxylation is 1. The van der Waals surface area contributed by atoms with E-state index in [2.05, 4.69) is 56.8 Å². The molecule has 0 saturated carbocycles. The van der Waals surface area contributed by atoms with Crippen LogP contribution in [-0.2, 0) is 6.42 Å². The molecule has 0 bridgehead atoms. The van der Waals surface area contributed by atoms with Crippen LogP contribution in [0, 0.1) is 0 Å². The predicted octanol–water partition coefficient (Wildman–Crippen LogP) is 5.00. The molecule has 16 heavy (non-hydrogen) atoms. The van der Waals surface area contributed by atoms with Gasteiger partial charge < -0.3 is 0 Å². The van der Waals surface area contributed by atoms with Crippen molar-refractivity contribution in [1.29, 1.82) is 0 Å². The van der Waals surface area contributed by atoms with Crippen molar-refractivity contribution in [3.05, 3.63) is 47.2 Å². The third-order valence-electron chi connectivity index (χ3n) is 2.70. The Hall–Kier alpha value is -1.26. The van der Waals surface area contributed by atoms with Crippen molar-refractivity contribution in [3.63, 3.8) is 0 Å². The number of rotatable bonds is 5. The van der Waals surface area contributed by atoms with Crippen molar-refractivity contribution in [3.8, 4) is 0 Å². The van der Waals surface area contributed by atoms with Gasteiger partial charge in [0.15, 0.2) is 0 Å². The summed E-state index contributed by atoms with van der Waals surface area (Å²) in [5.41, 5.74) is 7.63. The SMILES string of the molecule is CCC=C=C(CCC)c1ccccc1CC. The topological polar surface area (TPSA) is 0 Å². The maximum Gasteiger partial charge on any atom is 0.00113 e. The molecule has 1 aromatic rings. The molecule has 0 radical (unpaired) electrons. The van der Waals surface area contributed by atoms with Crippen LogP contribution >= 0.6 is 0 Å². The molecule has 0 unspecified atom stereocenters. The molecule has 0 nitrogen and oxygen atoms in total. The highest BCUT2D eigenvalue weighted by atomic mass is 14.1. The van der Waals surface area contributed by atoms with Gasteiger partial charge in [0.1, 0.15) is 0 Å². The Labute approximate surface area is 99.7 Å². The summed E-state index contributed by atoms with van der Waals surface area (Å²) in [6, 6.07) is 8.69. The number of allylic oxidation sites excluding steroid dienone is 1. The molecule has 0 amide bonds. The van der Waals surface area contributed by atoms with Crippen LogP contribution in [0.3, 0.4) is 0 Å².